The van der Waals surface area contributed by atoms with Gasteiger partial charge in [0.1, 0.15) is 0 Å². The molecule has 1 aromatic carbocycles. The van der Waals surface area contributed by atoms with Crippen LogP contribution in [0.25, 0.3) is 0 Å². The number of benzene rings is 1. The highest BCUT2D eigenvalue weighted by molar-refractivity contribution is 7.92. The summed E-state index contributed by atoms with van der Waals surface area (Å²) in [7, 11) is -3.24. The van der Waals surface area contributed by atoms with E-state index in [9.17, 15) is 8.42 Å². The van der Waals surface area contributed by atoms with Crippen molar-refractivity contribution < 1.29 is 8.42 Å². The number of anilines is 1. The number of para-hydroxylation sites is 1. The van der Waals surface area contributed by atoms with E-state index in [-0.39, 0.29) is 17.7 Å². The first-order valence-electron chi connectivity index (χ1n) is 7.88. The highest BCUT2D eigenvalue weighted by atomic mass is 32.2. The van der Waals surface area contributed by atoms with Gasteiger partial charge in [0.15, 0.2) is 0 Å². The Kier molecular flexibility index (Phi) is 4.22. The zero-order valence-electron chi connectivity index (χ0n) is 12.6. The number of aryl methyl sites for hydroxylation is 1. The van der Waals surface area contributed by atoms with E-state index >= 15 is 0 Å². The molecule has 5 heteroatoms. The van der Waals surface area contributed by atoms with E-state index in [1.807, 2.05) is 31.2 Å². The fourth-order valence-corrected chi connectivity index (χ4v) is 5.73. The van der Waals surface area contributed by atoms with Gasteiger partial charge in [-0.2, -0.15) is 0 Å². The zero-order valence-corrected chi connectivity index (χ0v) is 13.4. The third-order valence-electron chi connectivity index (χ3n) is 4.67. The summed E-state index contributed by atoms with van der Waals surface area (Å²) in [6, 6.07) is 7.99. The standard InChI is InChI=1S/C16H24N2O2S/c1-13-6-7-15-4-2-3-5-16(15)18(13)21(19,20)12-14-8-10-17-11-9-14/h2-5,13-14,17H,6-12H2,1H3. The summed E-state index contributed by atoms with van der Waals surface area (Å²) >= 11 is 0. The SMILES string of the molecule is CC1CCc2ccccc2N1S(=O)(=O)CC1CCNCC1. The second kappa shape index (κ2) is 5.97. The van der Waals surface area contributed by atoms with Crippen molar-refractivity contribution in [2.24, 2.45) is 5.92 Å². The molecule has 1 aromatic rings. The van der Waals surface area contributed by atoms with Crippen LogP contribution in [-0.4, -0.2) is 33.3 Å². The molecule has 0 radical (unpaired) electrons. The molecule has 0 bridgehead atoms. The van der Waals surface area contributed by atoms with Gasteiger partial charge in [-0.3, -0.25) is 4.31 Å². The average Bonchev–Trinajstić information content (AvgIpc) is 2.47. The summed E-state index contributed by atoms with van der Waals surface area (Å²) in [5, 5.41) is 3.30. The van der Waals surface area contributed by atoms with Crippen LogP contribution in [0.15, 0.2) is 24.3 Å². The lowest BCUT2D eigenvalue weighted by molar-refractivity contribution is 0.400. The Hall–Kier alpha value is -1.07. The van der Waals surface area contributed by atoms with E-state index in [1.165, 1.54) is 0 Å². The Labute approximate surface area is 127 Å². The number of fused-ring (bicyclic) bond motifs is 1. The Balaban J connectivity index is 1.87. The van der Waals surface area contributed by atoms with E-state index in [1.54, 1.807) is 4.31 Å². The van der Waals surface area contributed by atoms with Crippen LogP contribution < -0.4 is 9.62 Å². The lowest BCUT2D eigenvalue weighted by Crippen LogP contribution is -2.45. The molecule has 4 nitrogen and oxygen atoms in total. The molecule has 1 atom stereocenters. The summed E-state index contributed by atoms with van der Waals surface area (Å²) in [4.78, 5) is 0. The number of nitrogens with zero attached hydrogens (tertiary/aromatic N) is 1. The fourth-order valence-electron chi connectivity index (χ4n) is 3.51. The molecule has 1 saturated heterocycles. The van der Waals surface area contributed by atoms with Gasteiger partial charge in [-0.1, -0.05) is 18.2 Å². The number of hydrogen-bond donors (Lipinski definition) is 1. The molecule has 21 heavy (non-hydrogen) atoms. The summed E-state index contributed by atoms with van der Waals surface area (Å²) in [6.45, 7) is 3.90. The van der Waals surface area contributed by atoms with Crippen LogP contribution in [-0.2, 0) is 16.4 Å². The monoisotopic (exact) mass is 308 g/mol. The second-order valence-corrected chi connectivity index (χ2v) is 8.17. The summed E-state index contributed by atoms with van der Waals surface area (Å²) in [5.41, 5.74) is 2.05. The third kappa shape index (κ3) is 3.09. The van der Waals surface area contributed by atoms with Crippen molar-refractivity contribution in [3.8, 4) is 0 Å². The third-order valence-corrected chi connectivity index (χ3v) is 6.71. The number of piperidine rings is 1. The van der Waals surface area contributed by atoms with Crippen LogP contribution in [0.2, 0.25) is 0 Å². The van der Waals surface area contributed by atoms with Gasteiger partial charge in [-0.15, -0.1) is 0 Å². The van der Waals surface area contributed by atoms with Crippen molar-refractivity contribution in [3.63, 3.8) is 0 Å². The molecule has 3 rings (SSSR count). The Morgan fingerprint density at radius 1 is 1.19 bits per heavy atom. The Morgan fingerprint density at radius 2 is 1.90 bits per heavy atom. The number of rotatable bonds is 3. The highest BCUT2D eigenvalue weighted by Crippen LogP contribution is 2.33. The molecule has 116 valence electrons. The molecular formula is C16H24N2O2S. The Bertz CT molecular complexity index is 594. The molecule has 2 heterocycles. The molecule has 0 saturated carbocycles. The molecule has 2 aliphatic heterocycles. The molecule has 0 aliphatic carbocycles. The van der Waals surface area contributed by atoms with Crippen molar-refractivity contribution in [3.05, 3.63) is 29.8 Å². The van der Waals surface area contributed by atoms with Crippen LogP contribution in [0.3, 0.4) is 0 Å². The quantitative estimate of drug-likeness (QED) is 0.931. The van der Waals surface area contributed by atoms with Crippen LogP contribution >= 0.6 is 0 Å². The number of sulfonamides is 1. The molecule has 1 N–H and O–H groups in total. The van der Waals surface area contributed by atoms with Crippen molar-refractivity contribution in [1.29, 1.82) is 0 Å². The van der Waals surface area contributed by atoms with Crippen molar-refractivity contribution in [1.82, 2.24) is 5.32 Å². The second-order valence-electron chi connectivity index (χ2n) is 6.28. The van der Waals surface area contributed by atoms with Gasteiger partial charge in [-0.25, -0.2) is 8.42 Å². The van der Waals surface area contributed by atoms with Gasteiger partial charge in [-0.05, 0) is 63.2 Å². The molecule has 0 amide bonds. The predicted octanol–water partition coefficient (Wildman–Crippen LogP) is 2.16. The first kappa shape index (κ1) is 14.9. The van der Waals surface area contributed by atoms with Gasteiger partial charge < -0.3 is 5.32 Å². The minimum atomic E-state index is -3.24. The van der Waals surface area contributed by atoms with E-state index in [0.29, 0.717) is 0 Å². The highest BCUT2D eigenvalue weighted by Gasteiger charge is 2.34. The van der Waals surface area contributed by atoms with Crippen molar-refractivity contribution in [2.45, 2.75) is 38.6 Å². The van der Waals surface area contributed by atoms with E-state index < -0.39 is 10.0 Å². The number of nitrogens with one attached hydrogen (secondary N) is 1. The van der Waals surface area contributed by atoms with Crippen LogP contribution in [0.4, 0.5) is 5.69 Å². The maximum atomic E-state index is 12.9. The van der Waals surface area contributed by atoms with Gasteiger partial charge in [0.2, 0.25) is 10.0 Å². The molecule has 0 aromatic heterocycles. The first-order valence-corrected chi connectivity index (χ1v) is 9.49. The molecule has 1 fully saturated rings. The lowest BCUT2D eigenvalue weighted by Gasteiger charge is -2.37. The van der Waals surface area contributed by atoms with Gasteiger partial charge in [0, 0.05) is 6.04 Å². The minimum absolute atomic E-state index is 0.0617. The zero-order chi connectivity index (χ0) is 14.9. The van der Waals surface area contributed by atoms with Gasteiger partial charge in [0.05, 0.1) is 11.4 Å². The van der Waals surface area contributed by atoms with E-state index in [4.69, 9.17) is 0 Å². The lowest BCUT2D eigenvalue weighted by atomic mass is 9.99. The maximum Gasteiger partial charge on any atom is 0.235 e. The summed E-state index contributed by atoms with van der Waals surface area (Å²) in [6.07, 6.45) is 3.80. The Morgan fingerprint density at radius 3 is 2.67 bits per heavy atom. The first-order chi connectivity index (χ1) is 10.1. The number of hydrogen-bond acceptors (Lipinski definition) is 3. The molecule has 1 unspecified atom stereocenters. The van der Waals surface area contributed by atoms with E-state index in [2.05, 4.69) is 5.32 Å². The fraction of sp³-hybridized carbons (Fsp3) is 0.625. The van der Waals surface area contributed by atoms with Crippen molar-refractivity contribution >= 4 is 15.7 Å². The van der Waals surface area contributed by atoms with Crippen molar-refractivity contribution in [2.75, 3.05) is 23.1 Å². The van der Waals surface area contributed by atoms with Gasteiger partial charge in [0.25, 0.3) is 0 Å². The van der Waals surface area contributed by atoms with Crippen LogP contribution in [0.1, 0.15) is 31.7 Å². The normalized spacial score (nSPS) is 23.9. The largest absolute Gasteiger partial charge is 0.317 e. The van der Waals surface area contributed by atoms with Crippen LogP contribution in [0.5, 0.6) is 0 Å². The smallest absolute Gasteiger partial charge is 0.235 e. The topological polar surface area (TPSA) is 49.4 Å². The predicted molar refractivity (Wildman–Crippen MR) is 86.1 cm³/mol. The minimum Gasteiger partial charge on any atom is -0.317 e. The van der Waals surface area contributed by atoms with E-state index in [0.717, 1.165) is 50.0 Å². The molecule has 0 spiro atoms. The summed E-state index contributed by atoms with van der Waals surface area (Å²) < 4.78 is 27.6. The maximum absolute atomic E-state index is 12.9. The summed E-state index contributed by atoms with van der Waals surface area (Å²) in [5.74, 6) is 0.574. The molecule has 2 aliphatic rings. The average molecular weight is 308 g/mol. The van der Waals surface area contributed by atoms with Gasteiger partial charge >= 0.3 is 0 Å². The van der Waals surface area contributed by atoms with Crippen LogP contribution in [0, 0.1) is 5.92 Å². The molecular weight excluding hydrogens is 284 g/mol.